The minimum absolute atomic E-state index is 0.0748. The molecule has 9 nitrogen and oxygen atoms in total. The molecule has 0 aliphatic heterocycles. The molecular formula is C28H31N7O2. The van der Waals surface area contributed by atoms with Crippen molar-refractivity contribution in [3.05, 3.63) is 87.6 Å². The summed E-state index contributed by atoms with van der Waals surface area (Å²) in [6, 6.07) is 15.3. The number of nitrogens with two attached hydrogens (primary N) is 1. The van der Waals surface area contributed by atoms with Crippen LogP contribution in [0.4, 0.5) is 11.8 Å². The first kappa shape index (κ1) is 25.6. The van der Waals surface area contributed by atoms with Crippen molar-refractivity contribution in [1.29, 1.82) is 0 Å². The highest BCUT2D eigenvalue weighted by Crippen LogP contribution is 2.20. The van der Waals surface area contributed by atoms with Gasteiger partial charge in [0.1, 0.15) is 11.6 Å². The molecule has 0 fully saturated rings. The molecule has 190 valence electrons. The first-order valence-corrected chi connectivity index (χ1v) is 12.3. The number of hydrogen-bond acceptors (Lipinski definition) is 7. The Morgan fingerprint density at radius 1 is 1.05 bits per heavy atom. The number of amides is 1. The number of aryl methyl sites for hydroxylation is 3. The quantitative estimate of drug-likeness (QED) is 0.238. The van der Waals surface area contributed by atoms with Crippen LogP contribution in [-0.2, 0) is 11.2 Å². The molecule has 0 radical (unpaired) electrons. The summed E-state index contributed by atoms with van der Waals surface area (Å²) in [7, 11) is 0. The minimum Gasteiger partial charge on any atom is -0.369 e. The average molecular weight is 498 g/mol. The lowest BCUT2D eigenvalue weighted by molar-refractivity contribution is -0.116. The Kier molecular flexibility index (Phi) is 7.92. The normalized spacial score (nSPS) is 11.2. The highest BCUT2D eigenvalue weighted by molar-refractivity contribution is 5.92. The fraction of sp³-hybridized carbons (Fsp3) is 0.250. The first-order valence-electron chi connectivity index (χ1n) is 12.3. The molecule has 0 saturated heterocycles. The fourth-order valence-corrected chi connectivity index (χ4v) is 4.24. The highest BCUT2D eigenvalue weighted by Gasteiger charge is 2.14. The molecule has 4 aromatic rings. The molecule has 0 aliphatic carbocycles. The Balaban J connectivity index is 1.58. The molecule has 4 rings (SSSR count). The number of hydrogen-bond donors (Lipinski definition) is 3. The summed E-state index contributed by atoms with van der Waals surface area (Å²) in [4.78, 5) is 38.9. The number of nitrogen functional groups attached to an aromatic ring is 1. The van der Waals surface area contributed by atoms with Gasteiger partial charge in [0, 0.05) is 31.1 Å². The van der Waals surface area contributed by atoms with Crippen molar-refractivity contribution in [1.82, 2.24) is 24.8 Å². The second kappa shape index (κ2) is 11.5. The molecule has 0 unspecified atom stereocenters. The standard InChI is InChI=1S/C28H31N7O2/c1-4-30-24(36)16-15-21-19(3)32-28(29)34-26(21)31-17-9-14-23-33-22-13-8-10-18(2)25(22)27(37)35(23)20-11-6-5-7-12-20/h5-8,10-13,15-16H,4,9,14,17H2,1-3H3,(H,30,36)(H3,29,31,32,34)/b16-15+. The van der Waals surface area contributed by atoms with Gasteiger partial charge in [-0.25, -0.2) is 9.97 Å². The van der Waals surface area contributed by atoms with E-state index in [4.69, 9.17) is 10.7 Å². The van der Waals surface area contributed by atoms with Crippen LogP contribution >= 0.6 is 0 Å². The van der Waals surface area contributed by atoms with Crippen molar-refractivity contribution in [2.24, 2.45) is 0 Å². The van der Waals surface area contributed by atoms with Gasteiger partial charge in [-0.2, -0.15) is 4.98 Å². The molecule has 2 heterocycles. The third-order valence-corrected chi connectivity index (χ3v) is 5.97. The van der Waals surface area contributed by atoms with Gasteiger partial charge in [0.15, 0.2) is 0 Å². The largest absolute Gasteiger partial charge is 0.369 e. The lowest BCUT2D eigenvalue weighted by Gasteiger charge is -2.15. The van der Waals surface area contributed by atoms with Gasteiger partial charge < -0.3 is 16.4 Å². The van der Waals surface area contributed by atoms with Gasteiger partial charge in [0.25, 0.3) is 5.56 Å². The molecule has 4 N–H and O–H groups in total. The Hall–Kier alpha value is -4.53. The fourth-order valence-electron chi connectivity index (χ4n) is 4.24. The lowest BCUT2D eigenvalue weighted by Crippen LogP contribution is -2.25. The average Bonchev–Trinajstić information content (AvgIpc) is 2.86. The van der Waals surface area contributed by atoms with Crippen molar-refractivity contribution in [2.45, 2.75) is 33.6 Å². The molecule has 0 spiro atoms. The van der Waals surface area contributed by atoms with Gasteiger partial charge in [0.05, 0.1) is 22.3 Å². The Morgan fingerprint density at radius 3 is 2.59 bits per heavy atom. The van der Waals surface area contributed by atoms with E-state index in [2.05, 4.69) is 20.6 Å². The maximum atomic E-state index is 13.6. The number of benzene rings is 2. The number of fused-ring (bicyclic) bond motifs is 1. The lowest BCUT2D eigenvalue weighted by atomic mass is 10.1. The topological polar surface area (TPSA) is 128 Å². The number of nitrogens with one attached hydrogen (secondary N) is 2. The van der Waals surface area contributed by atoms with E-state index in [-0.39, 0.29) is 17.4 Å². The van der Waals surface area contributed by atoms with E-state index in [9.17, 15) is 9.59 Å². The predicted molar refractivity (Wildman–Crippen MR) is 148 cm³/mol. The van der Waals surface area contributed by atoms with Crippen molar-refractivity contribution in [2.75, 3.05) is 24.1 Å². The highest BCUT2D eigenvalue weighted by atomic mass is 16.1. The summed E-state index contributed by atoms with van der Waals surface area (Å²) < 4.78 is 1.70. The number of rotatable bonds is 9. The Bertz CT molecular complexity index is 1510. The van der Waals surface area contributed by atoms with Crippen LogP contribution < -0.4 is 21.9 Å². The molecule has 0 saturated carbocycles. The third kappa shape index (κ3) is 5.83. The van der Waals surface area contributed by atoms with Crippen LogP contribution in [0.1, 0.15) is 36.0 Å². The second-order valence-corrected chi connectivity index (χ2v) is 8.66. The number of carbonyl (C=O) groups is 1. The van der Waals surface area contributed by atoms with Gasteiger partial charge >= 0.3 is 0 Å². The van der Waals surface area contributed by atoms with Crippen LogP contribution in [0.25, 0.3) is 22.7 Å². The molecule has 37 heavy (non-hydrogen) atoms. The number of nitrogens with zero attached hydrogens (tertiary/aromatic N) is 4. The summed E-state index contributed by atoms with van der Waals surface area (Å²) in [6.07, 6.45) is 4.38. The molecule has 2 aromatic heterocycles. The third-order valence-electron chi connectivity index (χ3n) is 5.97. The van der Waals surface area contributed by atoms with E-state index < -0.39 is 0 Å². The van der Waals surface area contributed by atoms with Gasteiger partial charge in [0.2, 0.25) is 11.9 Å². The van der Waals surface area contributed by atoms with E-state index in [1.807, 2.05) is 69.3 Å². The van der Waals surface area contributed by atoms with Crippen LogP contribution in [-0.4, -0.2) is 38.5 Å². The number of carbonyl (C=O) groups excluding carboxylic acids is 1. The van der Waals surface area contributed by atoms with Crippen molar-refractivity contribution >= 4 is 34.7 Å². The van der Waals surface area contributed by atoms with Crippen LogP contribution in [0, 0.1) is 13.8 Å². The summed E-state index contributed by atoms with van der Waals surface area (Å²) in [5.74, 6) is 1.19. The van der Waals surface area contributed by atoms with Gasteiger partial charge in [-0.3, -0.25) is 14.2 Å². The molecule has 0 bridgehead atoms. The molecule has 0 atom stereocenters. The Morgan fingerprint density at radius 2 is 1.84 bits per heavy atom. The predicted octanol–water partition coefficient (Wildman–Crippen LogP) is 3.57. The SMILES string of the molecule is CCNC(=O)/C=C/c1c(C)nc(N)nc1NCCCc1nc2cccc(C)c2c(=O)n1-c1ccccc1. The van der Waals surface area contributed by atoms with Crippen LogP contribution in [0.2, 0.25) is 0 Å². The molecule has 9 heteroatoms. The van der Waals surface area contributed by atoms with Crippen molar-refractivity contribution < 1.29 is 4.79 Å². The summed E-state index contributed by atoms with van der Waals surface area (Å²) >= 11 is 0. The van der Waals surface area contributed by atoms with E-state index in [0.29, 0.717) is 59.7 Å². The smallest absolute Gasteiger partial charge is 0.266 e. The number of aromatic nitrogens is 4. The van der Waals surface area contributed by atoms with Crippen LogP contribution in [0.15, 0.2) is 59.4 Å². The van der Waals surface area contributed by atoms with Crippen molar-refractivity contribution in [3.63, 3.8) is 0 Å². The van der Waals surface area contributed by atoms with Gasteiger partial charge in [-0.1, -0.05) is 30.3 Å². The zero-order valence-electron chi connectivity index (χ0n) is 21.3. The van der Waals surface area contributed by atoms with E-state index >= 15 is 0 Å². The number of anilines is 2. The summed E-state index contributed by atoms with van der Waals surface area (Å²) in [5, 5.41) is 6.67. The first-order chi connectivity index (χ1) is 17.9. The maximum absolute atomic E-state index is 13.6. The number of likely N-dealkylation sites (N-methyl/N-ethyl adjacent to an activating group) is 1. The molecule has 1 amide bonds. The summed E-state index contributed by atoms with van der Waals surface area (Å²) in [6.45, 7) is 6.70. The molecular weight excluding hydrogens is 466 g/mol. The van der Waals surface area contributed by atoms with Gasteiger partial charge in [-0.15, -0.1) is 0 Å². The maximum Gasteiger partial charge on any atom is 0.266 e. The second-order valence-electron chi connectivity index (χ2n) is 8.66. The van der Waals surface area contributed by atoms with Crippen molar-refractivity contribution in [3.8, 4) is 5.69 Å². The monoisotopic (exact) mass is 497 g/mol. The van der Waals surface area contributed by atoms with Gasteiger partial charge in [-0.05, 0) is 57.0 Å². The van der Waals surface area contributed by atoms with E-state index in [1.165, 1.54) is 6.08 Å². The molecule has 2 aromatic carbocycles. The minimum atomic E-state index is -0.193. The zero-order chi connectivity index (χ0) is 26.4. The van der Waals surface area contributed by atoms with Crippen LogP contribution in [0.3, 0.4) is 0 Å². The zero-order valence-corrected chi connectivity index (χ0v) is 21.3. The van der Waals surface area contributed by atoms with E-state index in [1.54, 1.807) is 10.6 Å². The Labute approximate surface area is 215 Å². The van der Waals surface area contributed by atoms with Crippen LogP contribution in [0.5, 0.6) is 0 Å². The number of para-hydroxylation sites is 1. The molecule has 0 aliphatic rings. The van der Waals surface area contributed by atoms with E-state index in [0.717, 1.165) is 11.3 Å². The summed E-state index contributed by atoms with van der Waals surface area (Å²) in [5.41, 5.74) is 9.54.